The van der Waals surface area contributed by atoms with Crippen LogP contribution in [0.2, 0.25) is 10.0 Å². The number of pyridine rings is 1. The molecule has 1 amide bonds. The van der Waals surface area contributed by atoms with Crippen molar-refractivity contribution in [2.75, 3.05) is 5.75 Å². The van der Waals surface area contributed by atoms with Crippen LogP contribution < -0.4 is 5.32 Å². The lowest BCUT2D eigenvalue weighted by Crippen LogP contribution is -2.28. The van der Waals surface area contributed by atoms with Crippen LogP contribution in [-0.4, -0.2) is 26.3 Å². The van der Waals surface area contributed by atoms with Gasteiger partial charge in [0.05, 0.1) is 21.8 Å². The lowest BCUT2D eigenvalue weighted by molar-refractivity contribution is -0.119. The number of nitrogens with zero attached hydrogens (tertiary/aromatic N) is 3. The van der Waals surface area contributed by atoms with E-state index in [4.69, 9.17) is 23.2 Å². The molecule has 28 heavy (non-hydrogen) atoms. The van der Waals surface area contributed by atoms with Gasteiger partial charge >= 0.3 is 0 Å². The summed E-state index contributed by atoms with van der Waals surface area (Å²) in [6.07, 6.45) is 1.68. The van der Waals surface area contributed by atoms with E-state index < -0.39 is 0 Å². The van der Waals surface area contributed by atoms with E-state index in [-0.39, 0.29) is 17.7 Å². The zero-order valence-corrected chi connectivity index (χ0v) is 17.2. The Kier molecular flexibility index (Phi) is 5.44. The molecule has 0 fully saturated rings. The number of thioether (sulfide) groups is 1. The highest BCUT2D eigenvalue weighted by molar-refractivity contribution is 7.99. The maximum absolute atomic E-state index is 12.5. The van der Waals surface area contributed by atoms with Crippen molar-refractivity contribution < 1.29 is 4.79 Å². The Morgan fingerprint density at radius 1 is 1.18 bits per heavy atom. The van der Waals surface area contributed by atoms with Crippen molar-refractivity contribution in [2.45, 2.75) is 18.1 Å². The topological polar surface area (TPSA) is 59.3 Å². The van der Waals surface area contributed by atoms with Crippen LogP contribution in [-0.2, 0) is 4.79 Å². The molecule has 0 radical (unpaired) electrons. The average molecular weight is 431 g/mol. The van der Waals surface area contributed by atoms with Crippen molar-refractivity contribution >= 4 is 57.3 Å². The van der Waals surface area contributed by atoms with Crippen molar-refractivity contribution in [1.82, 2.24) is 19.9 Å². The van der Waals surface area contributed by atoms with Gasteiger partial charge in [0.25, 0.3) is 0 Å². The van der Waals surface area contributed by atoms with Crippen molar-refractivity contribution in [3.8, 4) is 0 Å². The van der Waals surface area contributed by atoms with Gasteiger partial charge in [0.1, 0.15) is 0 Å². The Balaban J connectivity index is 1.46. The molecule has 1 unspecified atom stereocenters. The summed E-state index contributed by atoms with van der Waals surface area (Å²) < 4.78 is 1.69. The number of carbonyl (C=O) groups is 1. The lowest BCUT2D eigenvalue weighted by Gasteiger charge is -2.16. The fourth-order valence-corrected chi connectivity index (χ4v) is 4.35. The molecule has 5 nitrogen and oxygen atoms in total. The van der Waals surface area contributed by atoms with Crippen LogP contribution in [0.1, 0.15) is 18.5 Å². The van der Waals surface area contributed by atoms with Gasteiger partial charge in [-0.05, 0) is 29.3 Å². The fraction of sp³-hybridized carbons (Fsp3) is 0.150. The highest BCUT2D eigenvalue weighted by Crippen LogP contribution is 2.26. The number of carbonyl (C=O) groups excluding carboxylic acids is 1. The van der Waals surface area contributed by atoms with E-state index in [1.165, 1.54) is 11.8 Å². The lowest BCUT2D eigenvalue weighted by atomic mass is 10.00. The molecule has 0 spiro atoms. The summed E-state index contributed by atoms with van der Waals surface area (Å²) in [7, 11) is 0. The number of rotatable bonds is 5. The third-order valence-electron chi connectivity index (χ3n) is 4.39. The fourth-order valence-electron chi connectivity index (χ4n) is 3.12. The second-order valence-corrected chi connectivity index (χ2v) is 8.11. The number of aromatic nitrogens is 3. The Morgan fingerprint density at radius 3 is 2.82 bits per heavy atom. The summed E-state index contributed by atoms with van der Waals surface area (Å²) in [4.78, 5) is 12.5. The van der Waals surface area contributed by atoms with Crippen LogP contribution in [0.25, 0.3) is 16.4 Å². The summed E-state index contributed by atoms with van der Waals surface area (Å²) in [5, 5.41) is 15.0. The summed E-state index contributed by atoms with van der Waals surface area (Å²) in [6.45, 7) is 1.98. The van der Waals surface area contributed by atoms with Gasteiger partial charge in [-0.25, -0.2) is 0 Å². The Morgan fingerprint density at radius 2 is 1.96 bits per heavy atom. The molecule has 0 bridgehead atoms. The van der Waals surface area contributed by atoms with Crippen molar-refractivity contribution in [3.05, 3.63) is 70.3 Å². The monoisotopic (exact) mass is 430 g/mol. The number of fused-ring (bicyclic) bond motifs is 2. The van der Waals surface area contributed by atoms with Gasteiger partial charge < -0.3 is 5.32 Å². The van der Waals surface area contributed by atoms with Gasteiger partial charge in [0.2, 0.25) is 5.91 Å². The van der Waals surface area contributed by atoms with Gasteiger partial charge in [0, 0.05) is 6.20 Å². The number of halogens is 2. The first kappa shape index (κ1) is 19.1. The standard InChI is InChI=1S/C20H16Cl2N4OS/c1-12(15-8-4-6-13-5-2-3-7-16(13)15)23-18(27)11-28-20-25-24-19-17(22)9-14(21)10-26(19)20/h2-10,12H,11H2,1H3,(H,23,27). The van der Waals surface area contributed by atoms with Gasteiger partial charge in [-0.2, -0.15) is 0 Å². The smallest absolute Gasteiger partial charge is 0.230 e. The maximum Gasteiger partial charge on any atom is 0.230 e. The average Bonchev–Trinajstić information content (AvgIpc) is 3.09. The highest BCUT2D eigenvalue weighted by Gasteiger charge is 2.15. The normalized spacial score (nSPS) is 12.4. The molecule has 8 heteroatoms. The zero-order chi connectivity index (χ0) is 19.7. The highest BCUT2D eigenvalue weighted by atomic mass is 35.5. The Bertz CT molecular complexity index is 1170. The quantitative estimate of drug-likeness (QED) is 0.444. The van der Waals surface area contributed by atoms with E-state index in [2.05, 4.69) is 33.7 Å². The number of benzene rings is 2. The predicted octanol–water partition coefficient (Wildman–Crippen LogP) is 5.16. The molecule has 2 heterocycles. The number of amides is 1. The van der Waals surface area contributed by atoms with E-state index in [0.29, 0.717) is 20.8 Å². The molecular formula is C20H16Cl2N4OS. The maximum atomic E-state index is 12.5. The molecule has 0 aliphatic rings. The van der Waals surface area contributed by atoms with Crippen molar-refractivity contribution in [2.24, 2.45) is 0 Å². The molecule has 142 valence electrons. The van der Waals surface area contributed by atoms with Gasteiger partial charge in [0.15, 0.2) is 10.8 Å². The first-order valence-electron chi connectivity index (χ1n) is 8.62. The summed E-state index contributed by atoms with van der Waals surface area (Å²) in [5.41, 5.74) is 1.60. The third-order valence-corrected chi connectivity index (χ3v) is 5.82. The minimum atomic E-state index is -0.113. The van der Waals surface area contributed by atoms with Crippen LogP contribution in [0.3, 0.4) is 0 Å². The van der Waals surface area contributed by atoms with Gasteiger partial charge in [-0.3, -0.25) is 9.20 Å². The van der Waals surface area contributed by atoms with Crippen LogP contribution >= 0.6 is 35.0 Å². The van der Waals surface area contributed by atoms with Crippen LogP contribution in [0.5, 0.6) is 0 Å². The minimum absolute atomic E-state index is 0.0877. The van der Waals surface area contributed by atoms with Crippen molar-refractivity contribution in [3.63, 3.8) is 0 Å². The second kappa shape index (κ2) is 7.99. The number of hydrogen-bond acceptors (Lipinski definition) is 4. The Hall–Kier alpha value is -2.28. The predicted molar refractivity (Wildman–Crippen MR) is 114 cm³/mol. The summed E-state index contributed by atoms with van der Waals surface area (Å²) >= 11 is 13.5. The van der Waals surface area contributed by atoms with Crippen LogP contribution in [0.4, 0.5) is 0 Å². The van der Waals surface area contributed by atoms with E-state index in [1.807, 2.05) is 31.2 Å². The molecule has 4 aromatic rings. The zero-order valence-electron chi connectivity index (χ0n) is 14.9. The molecule has 0 saturated heterocycles. The molecule has 0 saturated carbocycles. The first-order chi connectivity index (χ1) is 13.5. The molecule has 0 aliphatic heterocycles. The molecule has 1 atom stereocenters. The summed E-state index contributed by atoms with van der Waals surface area (Å²) in [5.74, 6) is 0.121. The number of hydrogen-bond donors (Lipinski definition) is 1. The second-order valence-electron chi connectivity index (χ2n) is 6.33. The van der Waals surface area contributed by atoms with E-state index in [0.717, 1.165) is 16.3 Å². The molecule has 1 N–H and O–H groups in total. The molecule has 2 aromatic heterocycles. The van der Waals surface area contributed by atoms with Crippen LogP contribution in [0.15, 0.2) is 59.9 Å². The molecule has 4 rings (SSSR count). The van der Waals surface area contributed by atoms with Gasteiger partial charge in [-0.1, -0.05) is 77.4 Å². The molecular weight excluding hydrogens is 415 g/mol. The number of nitrogens with one attached hydrogen (secondary N) is 1. The molecule has 0 aliphatic carbocycles. The van der Waals surface area contributed by atoms with E-state index in [9.17, 15) is 4.79 Å². The van der Waals surface area contributed by atoms with Crippen molar-refractivity contribution in [1.29, 1.82) is 0 Å². The minimum Gasteiger partial charge on any atom is -0.349 e. The first-order valence-corrected chi connectivity index (χ1v) is 10.4. The van der Waals surface area contributed by atoms with E-state index in [1.54, 1.807) is 16.7 Å². The Labute approximate surface area is 176 Å². The van der Waals surface area contributed by atoms with E-state index >= 15 is 0 Å². The largest absolute Gasteiger partial charge is 0.349 e. The van der Waals surface area contributed by atoms with Crippen LogP contribution in [0, 0.1) is 0 Å². The molecule has 2 aromatic carbocycles. The SMILES string of the molecule is CC(NC(=O)CSc1nnc2c(Cl)cc(Cl)cn12)c1cccc2ccccc12. The van der Waals surface area contributed by atoms with Gasteiger partial charge in [-0.15, -0.1) is 10.2 Å². The summed E-state index contributed by atoms with van der Waals surface area (Å²) in [6, 6.07) is 15.7. The third kappa shape index (κ3) is 3.81.